The molecule has 2 fully saturated rings. The highest BCUT2D eigenvalue weighted by Gasteiger charge is 2.31. The molecule has 0 spiro atoms. The Bertz CT molecular complexity index is 510. The predicted octanol–water partition coefficient (Wildman–Crippen LogP) is 1.96. The molecule has 2 heterocycles. The Morgan fingerprint density at radius 2 is 2.16 bits per heavy atom. The van der Waals surface area contributed by atoms with Gasteiger partial charge < -0.3 is 10.0 Å². The molecule has 5 nitrogen and oxygen atoms in total. The number of hydrogen-bond donors (Lipinski definition) is 1. The van der Waals surface area contributed by atoms with E-state index < -0.39 is 11.9 Å². The van der Waals surface area contributed by atoms with Gasteiger partial charge in [-0.25, -0.2) is 4.98 Å². The topological polar surface area (TPSA) is 70.5 Å². The SMILES string of the molecule is O=C(O)[C@H]1CCCN(C(=O)c2csc(C3CC3)n2)C1. The molecule has 1 N–H and O–H groups in total. The van der Waals surface area contributed by atoms with Crippen LogP contribution in [-0.4, -0.2) is 40.0 Å². The molecule has 19 heavy (non-hydrogen) atoms. The van der Waals surface area contributed by atoms with Crippen LogP contribution in [0, 0.1) is 5.92 Å². The number of nitrogens with zero attached hydrogens (tertiary/aromatic N) is 2. The Kier molecular flexibility index (Phi) is 3.26. The summed E-state index contributed by atoms with van der Waals surface area (Å²) < 4.78 is 0. The van der Waals surface area contributed by atoms with Crippen LogP contribution in [0.1, 0.15) is 47.1 Å². The quantitative estimate of drug-likeness (QED) is 0.918. The lowest BCUT2D eigenvalue weighted by molar-refractivity contribution is -0.143. The first-order valence-corrected chi connectivity index (χ1v) is 7.50. The number of amides is 1. The molecular weight excluding hydrogens is 264 g/mol. The normalized spacial score (nSPS) is 23.4. The van der Waals surface area contributed by atoms with E-state index in [-0.39, 0.29) is 5.91 Å². The number of carbonyl (C=O) groups excluding carboxylic acids is 1. The number of aliphatic carboxylic acids is 1. The zero-order valence-corrected chi connectivity index (χ0v) is 11.4. The average Bonchev–Trinajstić information content (AvgIpc) is 3.16. The van der Waals surface area contributed by atoms with Crippen molar-refractivity contribution in [2.45, 2.75) is 31.6 Å². The number of rotatable bonds is 3. The summed E-state index contributed by atoms with van der Waals surface area (Å²) in [5, 5.41) is 11.9. The van der Waals surface area contributed by atoms with Crippen LogP contribution in [0.5, 0.6) is 0 Å². The van der Waals surface area contributed by atoms with Crippen LogP contribution >= 0.6 is 11.3 Å². The average molecular weight is 280 g/mol. The van der Waals surface area contributed by atoms with E-state index in [1.807, 2.05) is 0 Å². The fourth-order valence-corrected chi connectivity index (χ4v) is 3.39. The summed E-state index contributed by atoms with van der Waals surface area (Å²) in [7, 11) is 0. The Morgan fingerprint density at radius 3 is 2.84 bits per heavy atom. The maximum absolute atomic E-state index is 12.3. The van der Waals surface area contributed by atoms with Gasteiger partial charge in [0.15, 0.2) is 0 Å². The molecule has 1 amide bonds. The third kappa shape index (κ3) is 2.63. The minimum atomic E-state index is -0.811. The first kappa shape index (κ1) is 12.6. The molecule has 0 bridgehead atoms. The molecule has 0 radical (unpaired) electrons. The van der Waals surface area contributed by atoms with E-state index in [4.69, 9.17) is 5.11 Å². The summed E-state index contributed by atoms with van der Waals surface area (Å²) in [6, 6.07) is 0. The molecule has 102 valence electrons. The van der Waals surface area contributed by atoms with Gasteiger partial charge in [-0.3, -0.25) is 9.59 Å². The van der Waals surface area contributed by atoms with Crippen molar-refractivity contribution in [1.29, 1.82) is 0 Å². The molecule has 0 aromatic carbocycles. The second-order valence-corrected chi connectivity index (χ2v) is 6.16. The van der Waals surface area contributed by atoms with E-state index in [0.717, 1.165) is 11.4 Å². The first-order valence-electron chi connectivity index (χ1n) is 6.62. The minimum absolute atomic E-state index is 0.117. The van der Waals surface area contributed by atoms with Crippen molar-refractivity contribution < 1.29 is 14.7 Å². The van der Waals surface area contributed by atoms with E-state index in [1.165, 1.54) is 12.8 Å². The van der Waals surface area contributed by atoms with Gasteiger partial charge in [-0.05, 0) is 25.7 Å². The molecule has 0 unspecified atom stereocenters. The van der Waals surface area contributed by atoms with Crippen LogP contribution in [0.4, 0.5) is 0 Å². The van der Waals surface area contributed by atoms with Crippen molar-refractivity contribution in [3.63, 3.8) is 0 Å². The second kappa shape index (κ2) is 4.92. The number of thiazole rings is 1. The van der Waals surface area contributed by atoms with Gasteiger partial charge in [0.2, 0.25) is 0 Å². The summed E-state index contributed by atoms with van der Waals surface area (Å²) in [5.41, 5.74) is 0.484. The molecule has 1 saturated heterocycles. The Morgan fingerprint density at radius 1 is 1.37 bits per heavy atom. The standard InChI is InChI=1S/C13H16N2O3S/c16-12(10-7-19-11(14-10)8-3-4-8)15-5-1-2-9(6-15)13(17)18/h7-9H,1-6H2,(H,17,18)/t9-/m0/s1. The van der Waals surface area contributed by atoms with Crippen LogP contribution in [0.2, 0.25) is 0 Å². The van der Waals surface area contributed by atoms with E-state index in [0.29, 0.717) is 31.1 Å². The smallest absolute Gasteiger partial charge is 0.308 e. The molecule has 1 atom stereocenters. The van der Waals surface area contributed by atoms with Gasteiger partial charge in [-0.2, -0.15) is 0 Å². The zero-order chi connectivity index (χ0) is 13.4. The fraction of sp³-hybridized carbons (Fsp3) is 0.615. The van der Waals surface area contributed by atoms with Crippen molar-refractivity contribution >= 4 is 23.2 Å². The van der Waals surface area contributed by atoms with Crippen LogP contribution in [0.25, 0.3) is 0 Å². The van der Waals surface area contributed by atoms with Gasteiger partial charge in [0, 0.05) is 24.4 Å². The third-order valence-corrected chi connectivity index (χ3v) is 4.73. The lowest BCUT2D eigenvalue weighted by Crippen LogP contribution is -2.42. The molecule has 1 aliphatic heterocycles. The monoisotopic (exact) mass is 280 g/mol. The summed E-state index contributed by atoms with van der Waals surface area (Å²) in [4.78, 5) is 29.3. The lowest BCUT2D eigenvalue weighted by atomic mass is 9.98. The summed E-state index contributed by atoms with van der Waals surface area (Å²) in [6.45, 7) is 0.948. The van der Waals surface area contributed by atoms with Crippen LogP contribution in [0.3, 0.4) is 0 Å². The van der Waals surface area contributed by atoms with Crippen molar-refractivity contribution in [2.24, 2.45) is 5.92 Å². The highest BCUT2D eigenvalue weighted by molar-refractivity contribution is 7.10. The van der Waals surface area contributed by atoms with E-state index >= 15 is 0 Å². The third-order valence-electron chi connectivity index (χ3n) is 3.73. The molecule has 1 aromatic rings. The molecule has 1 aliphatic carbocycles. The van der Waals surface area contributed by atoms with Gasteiger partial charge in [-0.1, -0.05) is 0 Å². The maximum Gasteiger partial charge on any atom is 0.308 e. The summed E-state index contributed by atoms with van der Waals surface area (Å²) in [5.74, 6) is -0.803. The van der Waals surface area contributed by atoms with E-state index in [1.54, 1.807) is 21.6 Å². The highest BCUT2D eigenvalue weighted by atomic mass is 32.1. The first-order chi connectivity index (χ1) is 9.15. The van der Waals surface area contributed by atoms with Crippen molar-refractivity contribution in [3.8, 4) is 0 Å². The number of likely N-dealkylation sites (tertiary alicyclic amines) is 1. The van der Waals surface area contributed by atoms with Gasteiger partial charge in [0.1, 0.15) is 5.69 Å². The molecule has 1 saturated carbocycles. The van der Waals surface area contributed by atoms with Crippen molar-refractivity contribution in [1.82, 2.24) is 9.88 Å². The van der Waals surface area contributed by atoms with E-state index in [2.05, 4.69) is 4.98 Å². The van der Waals surface area contributed by atoms with Crippen molar-refractivity contribution in [2.75, 3.05) is 13.1 Å². The lowest BCUT2D eigenvalue weighted by Gasteiger charge is -2.30. The maximum atomic E-state index is 12.3. The molecule has 2 aliphatic rings. The zero-order valence-electron chi connectivity index (χ0n) is 10.5. The van der Waals surface area contributed by atoms with Gasteiger partial charge in [0.05, 0.1) is 10.9 Å². The number of carboxylic acids is 1. The number of hydrogen-bond acceptors (Lipinski definition) is 4. The second-order valence-electron chi connectivity index (χ2n) is 5.27. The molecule has 1 aromatic heterocycles. The molecule has 3 rings (SSSR count). The predicted molar refractivity (Wildman–Crippen MR) is 70.4 cm³/mol. The Labute approximate surface area is 115 Å². The van der Waals surface area contributed by atoms with Crippen LogP contribution < -0.4 is 0 Å². The molecule has 6 heteroatoms. The largest absolute Gasteiger partial charge is 0.481 e. The number of aromatic nitrogens is 1. The van der Waals surface area contributed by atoms with Gasteiger partial charge in [0.25, 0.3) is 5.91 Å². The summed E-state index contributed by atoms with van der Waals surface area (Å²) in [6.07, 6.45) is 3.75. The van der Waals surface area contributed by atoms with Gasteiger partial charge in [-0.15, -0.1) is 11.3 Å². The summed E-state index contributed by atoms with van der Waals surface area (Å²) >= 11 is 1.54. The minimum Gasteiger partial charge on any atom is -0.481 e. The van der Waals surface area contributed by atoms with Crippen molar-refractivity contribution in [3.05, 3.63) is 16.1 Å². The highest BCUT2D eigenvalue weighted by Crippen LogP contribution is 2.41. The molecular formula is C13H16N2O3S. The Balaban J connectivity index is 1.69. The number of carbonyl (C=O) groups is 2. The van der Waals surface area contributed by atoms with Crippen LogP contribution in [0.15, 0.2) is 5.38 Å². The Hall–Kier alpha value is -1.43. The van der Waals surface area contributed by atoms with E-state index in [9.17, 15) is 9.59 Å². The number of carboxylic acid groups (broad SMARTS) is 1. The van der Waals surface area contributed by atoms with Crippen LogP contribution in [-0.2, 0) is 4.79 Å². The van der Waals surface area contributed by atoms with Gasteiger partial charge >= 0.3 is 5.97 Å². The number of piperidine rings is 1. The fourth-order valence-electron chi connectivity index (χ4n) is 2.43.